The average Bonchev–Trinajstić information content (AvgIpc) is 3.16. The molecule has 0 spiro atoms. The van der Waals surface area contributed by atoms with Crippen LogP contribution in [-0.2, 0) is 17.8 Å². The fourth-order valence-electron chi connectivity index (χ4n) is 3.38. The summed E-state index contributed by atoms with van der Waals surface area (Å²) in [6, 6.07) is 0.357. The Labute approximate surface area is 167 Å². The zero-order chi connectivity index (χ0) is 19.6. The van der Waals surface area contributed by atoms with Gasteiger partial charge in [0.15, 0.2) is 5.96 Å². The summed E-state index contributed by atoms with van der Waals surface area (Å²) >= 11 is 1.73. The van der Waals surface area contributed by atoms with Crippen molar-refractivity contribution in [3.8, 4) is 0 Å². The third-order valence-corrected chi connectivity index (χ3v) is 6.28. The van der Waals surface area contributed by atoms with E-state index in [4.69, 9.17) is 4.99 Å². The first-order chi connectivity index (χ1) is 13.1. The van der Waals surface area contributed by atoms with Gasteiger partial charge in [0.05, 0.1) is 6.54 Å². The molecule has 1 fully saturated rings. The maximum absolute atomic E-state index is 12.5. The van der Waals surface area contributed by atoms with Gasteiger partial charge >= 0.3 is 0 Å². The van der Waals surface area contributed by atoms with E-state index in [0.717, 1.165) is 62.7 Å². The van der Waals surface area contributed by atoms with Gasteiger partial charge in [-0.15, -0.1) is 11.3 Å². The van der Waals surface area contributed by atoms with Gasteiger partial charge in [-0.25, -0.2) is 9.98 Å². The minimum atomic E-state index is 0.180. The summed E-state index contributed by atoms with van der Waals surface area (Å²) in [4.78, 5) is 25.0. The van der Waals surface area contributed by atoms with Crippen molar-refractivity contribution in [1.29, 1.82) is 0 Å². The SMILES string of the molecule is CCNC(=NCc1ncc(CC)s1)NC1CCN(C(=O)C(CC)CC)CC1. The predicted molar refractivity (Wildman–Crippen MR) is 113 cm³/mol. The molecule has 0 unspecified atom stereocenters. The van der Waals surface area contributed by atoms with E-state index in [-0.39, 0.29) is 5.92 Å². The molecule has 0 saturated carbocycles. The smallest absolute Gasteiger partial charge is 0.225 e. The second-order valence-electron chi connectivity index (χ2n) is 7.03. The largest absolute Gasteiger partial charge is 0.357 e. The lowest BCUT2D eigenvalue weighted by Gasteiger charge is -2.34. The molecule has 2 N–H and O–H groups in total. The summed E-state index contributed by atoms with van der Waals surface area (Å²) in [5.41, 5.74) is 0. The Morgan fingerprint density at radius 3 is 2.56 bits per heavy atom. The van der Waals surface area contributed by atoms with Crippen LogP contribution in [0.5, 0.6) is 0 Å². The number of thiazole rings is 1. The molecule has 0 aromatic carbocycles. The van der Waals surface area contributed by atoms with E-state index < -0.39 is 0 Å². The average molecular weight is 394 g/mol. The first-order valence-corrected chi connectivity index (χ1v) is 11.2. The van der Waals surface area contributed by atoms with Gasteiger partial charge in [-0.05, 0) is 39.0 Å². The summed E-state index contributed by atoms with van der Waals surface area (Å²) < 4.78 is 0. The number of aliphatic imine (C=N–C) groups is 1. The molecule has 0 aliphatic carbocycles. The number of rotatable bonds is 8. The molecule has 1 aromatic rings. The van der Waals surface area contributed by atoms with E-state index >= 15 is 0 Å². The fourth-order valence-corrected chi connectivity index (χ4v) is 4.17. The van der Waals surface area contributed by atoms with Crippen LogP contribution < -0.4 is 10.6 Å². The summed E-state index contributed by atoms with van der Waals surface area (Å²) in [7, 11) is 0. The topological polar surface area (TPSA) is 69.6 Å². The Bertz CT molecular complexity index is 603. The number of hydrogen-bond acceptors (Lipinski definition) is 4. The Morgan fingerprint density at radius 1 is 1.30 bits per heavy atom. The first kappa shape index (κ1) is 21.7. The highest BCUT2D eigenvalue weighted by Gasteiger charge is 2.26. The summed E-state index contributed by atoms with van der Waals surface area (Å²) in [5.74, 6) is 1.35. The zero-order valence-electron chi connectivity index (χ0n) is 17.3. The van der Waals surface area contributed by atoms with Crippen molar-refractivity contribution >= 4 is 23.2 Å². The van der Waals surface area contributed by atoms with Gasteiger partial charge < -0.3 is 15.5 Å². The normalized spacial score (nSPS) is 16.0. The molecular weight excluding hydrogens is 358 g/mol. The van der Waals surface area contributed by atoms with Crippen molar-refractivity contribution in [1.82, 2.24) is 20.5 Å². The van der Waals surface area contributed by atoms with Gasteiger partial charge in [-0.3, -0.25) is 4.79 Å². The molecule has 2 heterocycles. The summed E-state index contributed by atoms with van der Waals surface area (Å²) in [6.45, 7) is 11.5. The molecular formula is C20H35N5OS. The van der Waals surface area contributed by atoms with Crippen molar-refractivity contribution in [2.24, 2.45) is 10.9 Å². The van der Waals surface area contributed by atoms with Crippen LogP contribution in [0.15, 0.2) is 11.2 Å². The molecule has 1 saturated heterocycles. The number of likely N-dealkylation sites (tertiary alicyclic amines) is 1. The number of nitrogens with zero attached hydrogens (tertiary/aromatic N) is 3. The molecule has 6 nitrogen and oxygen atoms in total. The Morgan fingerprint density at radius 2 is 2.00 bits per heavy atom. The molecule has 1 amide bonds. The molecule has 152 valence electrons. The van der Waals surface area contributed by atoms with Gasteiger partial charge in [0, 0.05) is 42.7 Å². The second-order valence-corrected chi connectivity index (χ2v) is 8.23. The van der Waals surface area contributed by atoms with E-state index in [1.54, 1.807) is 11.3 Å². The number of nitrogens with one attached hydrogen (secondary N) is 2. The minimum absolute atomic E-state index is 0.180. The van der Waals surface area contributed by atoms with Gasteiger partial charge in [0.25, 0.3) is 0 Å². The van der Waals surface area contributed by atoms with Crippen molar-refractivity contribution in [3.05, 3.63) is 16.1 Å². The molecule has 1 aliphatic heterocycles. The van der Waals surface area contributed by atoms with Crippen LogP contribution in [0.25, 0.3) is 0 Å². The second kappa shape index (κ2) is 11.3. The third-order valence-electron chi connectivity index (χ3n) is 5.15. The lowest BCUT2D eigenvalue weighted by atomic mass is 9.98. The Hall–Kier alpha value is -1.63. The van der Waals surface area contributed by atoms with Gasteiger partial charge in [0.1, 0.15) is 5.01 Å². The molecule has 7 heteroatoms. The molecule has 0 bridgehead atoms. The monoisotopic (exact) mass is 393 g/mol. The number of aryl methyl sites for hydroxylation is 1. The first-order valence-electron chi connectivity index (χ1n) is 10.4. The van der Waals surface area contributed by atoms with Crippen molar-refractivity contribution in [2.45, 2.75) is 72.4 Å². The highest BCUT2D eigenvalue weighted by molar-refractivity contribution is 7.11. The van der Waals surface area contributed by atoms with Crippen LogP contribution in [0.2, 0.25) is 0 Å². The lowest BCUT2D eigenvalue weighted by molar-refractivity contribution is -0.136. The quantitative estimate of drug-likeness (QED) is 0.526. The molecule has 1 aliphatic rings. The number of guanidine groups is 1. The zero-order valence-corrected chi connectivity index (χ0v) is 18.1. The van der Waals surface area contributed by atoms with Crippen LogP contribution in [0.1, 0.15) is 63.3 Å². The third kappa shape index (κ3) is 6.48. The standard InChI is InChI=1S/C20H35N5OS/c1-5-15(6-2)19(26)25-11-9-16(10-12-25)24-20(21-8-4)23-14-18-22-13-17(7-3)27-18/h13,15-16H,5-12,14H2,1-4H3,(H2,21,23,24). The van der Waals surface area contributed by atoms with Gasteiger partial charge in [-0.1, -0.05) is 20.8 Å². The number of piperidine rings is 1. The number of aromatic nitrogens is 1. The highest BCUT2D eigenvalue weighted by Crippen LogP contribution is 2.18. The van der Waals surface area contributed by atoms with Crippen molar-refractivity contribution in [2.75, 3.05) is 19.6 Å². The molecule has 2 rings (SSSR count). The van der Waals surface area contributed by atoms with E-state index in [9.17, 15) is 4.79 Å². The van der Waals surface area contributed by atoms with E-state index in [1.807, 2.05) is 11.1 Å². The molecule has 1 aromatic heterocycles. The van der Waals surface area contributed by atoms with Crippen LogP contribution in [0.3, 0.4) is 0 Å². The lowest BCUT2D eigenvalue weighted by Crippen LogP contribution is -2.50. The van der Waals surface area contributed by atoms with Crippen LogP contribution >= 0.6 is 11.3 Å². The fraction of sp³-hybridized carbons (Fsp3) is 0.750. The number of carbonyl (C=O) groups excluding carboxylic acids is 1. The molecule has 27 heavy (non-hydrogen) atoms. The molecule has 0 atom stereocenters. The number of amides is 1. The maximum atomic E-state index is 12.5. The van der Waals surface area contributed by atoms with E-state index in [2.05, 4.69) is 43.3 Å². The van der Waals surface area contributed by atoms with E-state index in [0.29, 0.717) is 18.5 Å². The Balaban J connectivity index is 1.86. The summed E-state index contributed by atoms with van der Waals surface area (Å²) in [5, 5.41) is 7.92. The highest BCUT2D eigenvalue weighted by atomic mass is 32.1. The number of carbonyl (C=O) groups is 1. The van der Waals surface area contributed by atoms with Crippen molar-refractivity contribution < 1.29 is 4.79 Å². The van der Waals surface area contributed by atoms with Gasteiger partial charge in [-0.2, -0.15) is 0 Å². The van der Waals surface area contributed by atoms with Crippen LogP contribution in [0.4, 0.5) is 0 Å². The van der Waals surface area contributed by atoms with Gasteiger partial charge in [0.2, 0.25) is 5.91 Å². The predicted octanol–water partition coefficient (Wildman–Crippen LogP) is 3.19. The van der Waals surface area contributed by atoms with E-state index in [1.165, 1.54) is 4.88 Å². The Kier molecular flexibility index (Phi) is 9.04. The van der Waals surface area contributed by atoms with Crippen LogP contribution in [-0.4, -0.2) is 47.4 Å². The minimum Gasteiger partial charge on any atom is -0.357 e. The molecule has 0 radical (unpaired) electrons. The maximum Gasteiger partial charge on any atom is 0.225 e. The number of hydrogen-bond donors (Lipinski definition) is 2. The van der Waals surface area contributed by atoms with Crippen molar-refractivity contribution in [3.63, 3.8) is 0 Å². The van der Waals surface area contributed by atoms with Crippen LogP contribution in [0, 0.1) is 5.92 Å². The summed E-state index contributed by atoms with van der Waals surface area (Å²) in [6.07, 6.45) is 6.76.